The number of hydrogen-bond donors (Lipinski definition) is 0. The van der Waals surface area contributed by atoms with E-state index >= 15 is 0 Å². The fraction of sp³-hybridized carbons (Fsp3) is 0.714. The van der Waals surface area contributed by atoms with Crippen LogP contribution in [0.3, 0.4) is 0 Å². The first-order valence-electron chi connectivity index (χ1n) is 7.06. The highest BCUT2D eigenvalue weighted by Crippen LogP contribution is 2.32. The topological polar surface area (TPSA) is 65.8 Å². The summed E-state index contributed by atoms with van der Waals surface area (Å²) in [6.07, 6.45) is 2.69. The van der Waals surface area contributed by atoms with E-state index in [-0.39, 0.29) is 0 Å². The molecule has 7 nitrogen and oxygen atoms in total. The van der Waals surface area contributed by atoms with Crippen LogP contribution in [-0.4, -0.2) is 49.1 Å². The number of carbonyl (C=O) groups excluding carboxylic acids is 1. The largest absolute Gasteiger partial charge is 0.490 e. The summed E-state index contributed by atoms with van der Waals surface area (Å²) < 4.78 is 17.5. The molecule has 1 aromatic heterocycles. The highest BCUT2D eigenvalue weighted by molar-refractivity contribution is 5.70. The van der Waals surface area contributed by atoms with Crippen molar-refractivity contribution >= 4 is 6.09 Å². The highest BCUT2D eigenvalue weighted by Gasteiger charge is 2.23. The number of unbranched alkanes of at least 4 members (excludes halogenated alkanes) is 2. The molecule has 0 aliphatic rings. The third kappa shape index (κ3) is 4.63. The average Bonchev–Trinajstić information content (AvgIpc) is 2.76. The summed E-state index contributed by atoms with van der Waals surface area (Å²) in [6, 6.07) is 0. The Morgan fingerprint density at radius 2 is 2.00 bits per heavy atom. The molecule has 0 spiro atoms. The van der Waals surface area contributed by atoms with Gasteiger partial charge in [-0.2, -0.15) is 5.10 Å². The number of ether oxygens (including phenoxy) is 3. The van der Waals surface area contributed by atoms with Gasteiger partial charge < -0.3 is 19.1 Å². The summed E-state index contributed by atoms with van der Waals surface area (Å²) in [5.41, 5.74) is 0.623. The Labute approximate surface area is 125 Å². The van der Waals surface area contributed by atoms with E-state index in [4.69, 9.17) is 14.2 Å². The molecular weight excluding hydrogens is 274 g/mol. The molecule has 0 atom stereocenters. The summed E-state index contributed by atoms with van der Waals surface area (Å²) in [7, 11) is 6.37. The number of aryl methyl sites for hydroxylation is 1. The third-order valence-corrected chi connectivity index (χ3v) is 2.94. The van der Waals surface area contributed by atoms with E-state index in [2.05, 4.69) is 12.0 Å². The molecule has 7 heteroatoms. The lowest BCUT2D eigenvalue weighted by Gasteiger charge is -2.13. The second kappa shape index (κ2) is 8.51. The fourth-order valence-electron chi connectivity index (χ4n) is 1.85. The Kier molecular flexibility index (Phi) is 7.01. The number of amides is 1. The van der Waals surface area contributed by atoms with Gasteiger partial charge in [-0.1, -0.05) is 19.8 Å². The van der Waals surface area contributed by atoms with Gasteiger partial charge in [0.2, 0.25) is 5.75 Å². The molecule has 1 aromatic rings. The summed E-state index contributed by atoms with van der Waals surface area (Å²) in [4.78, 5) is 13.2. The minimum atomic E-state index is -0.464. The number of aromatic nitrogens is 2. The van der Waals surface area contributed by atoms with Gasteiger partial charge >= 0.3 is 6.09 Å². The van der Waals surface area contributed by atoms with Crippen molar-refractivity contribution in [3.8, 4) is 11.6 Å². The first-order chi connectivity index (χ1) is 10.0. The van der Waals surface area contributed by atoms with Gasteiger partial charge in [0.15, 0.2) is 0 Å². The zero-order valence-electron chi connectivity index (χ0n) is 13.5. The molecule has 0 saturated heterocycles. The zero-order chi connectivity index (χ0) is 15.8. The molecule has 1 heterocycles. The van der Waals surface area contributed by atoms with Crippen LogP contribution in [0.15, 0.2) is 0 Å². The van der Waals surface area contributed by atoms with E-state index in [0.717, 1.165) is 19.3 Å². The molecule has 0 radical (unpaired) electrons. The summed E-state index contributed by atoms with van der Waals surface area (Å²) in [5, 5.41) is 4.43. The number of nitrogens with zero attached hydrogens (tertiary/aromatic N) is 3. The predicted molar refractivity (Wildman–Crippen MR) is 78.7 cm³/mol. The molecule has 1 amide bonds. The molecule has 0 N–H and O–H groups in total. The Morgan fingerprint density at radius 3 is 2.52 bits per heavy atom. The molecule has 0 unspecified atom stereocenters. The molecule has 0 aromatic carbocycles. The van der Waals surface area contributed by atoms with Gasteiger partial charge in [0.1, 0.15) is 5.69 Å². The maximum atomic E-state index is 11.8. The minimum absolute atomic E-state index is 0.302. The number of carbonyl (C=O) groups is 1. The lowest BCUT2D eigenvalue weighted by Crippen LogP contribution is -2.26. The second-order valence-corrected chi connectivity index (χ2v) is 4.91. The second-order valence-electron chi connectivity index (χ2n) is 4.91. The molecule has 1 rings (SSSR count). The molecule has 120 valence electrons. The van der Waals surface area contributed by atoms with Gasteiger partial charge in [0, 0.05) is 27.7 Å². The van der Waals surface area contributed by atoms with Crippen LogP contribution in [0.4, 0.5) is 4.79 Å². The van der Waals surface area contributed by atoms with E-state index < -0.39 is 6.09 Å². The zero-order valence-corrected chi connectivity index (χ0v) is 13.5. The van der Waals surface area contributed by atoms with Crippen LogP contribution in [0.2, 0.25) is 0 Å². The van der Waals surface area contributed by atoms with E-state index in [1.807, 2.05) is 0 Å². The molecular formula is C14H25N3O4. The first-order valence-corrected chi connectivity index (χ1v) is 7.06. The van der Waals surface area contributed by atoms with Crippen molar-refractivity contribution in [2.24, 2.45) is 0 Å². The van der Waals surface area contributed by atoms with Crippen molar-refractivity contribution in [2.75, 3.05) is 28.3 Å². The van der Waals surface area contributed by atoms with E-state index in [1.54, 1.807) is 25.9 Å². The van der Waals surface area contributed by atoms with Crippen LogP contribution < -0.4 is 9.47 Å². The van der Waals surface area contributed by atoms with E-state index in [0.29, 0.717) is 30.5 Å². The van der Waals surface area contributed by atoms with Crippen molar-refractivity contribution < 1.29 is 19.0 Å². The minimum Gasteiger partial charge on any atom is -0.490 e. The third-order valence-electron chi connectivity index (χ3n) is 2.94. The predicted octanol–water partition coefficient (Wildman–Crippen LogP) is 2.29. The van der Waals surface area contributed by atoms with E-state index in [9.17, 15) is 4.79 Å². The fourth-order valence-corrected chi connectivity index (χ4v) is 1.85. The smallest absolute Gasteiger partial charge is 0.416 e. The van der Waals surface area contributed by atoms with Crippen LogP contribution in [-0.2, 0) is 17.9 Å². The lowest BCUT2D eigenvalue weighted by molar-refractivity contribution is 0.164. The Balaban J connectivity index is 3.04. The van der Waals surface area contributed by atoms with Gasteiger partial charge in [-0.3, -0.25) is 0 Å². The van der Waals surface area contributed by atoms with Gasteiger partial charge in [-0.15, -0.1) is 0 Å². The molecule has 0 fully saturated rings. The number of methoxy groups -OCH3 is 2. The Morgan fingerprint density at radius 1 is 1.29 bits per heavy atom. The van der Waals surface area contributed by atoms with Crippen molar-refractivity contribution in [2.45, 2.75) is 39.3 Å². The maximum absolute atomic E-state index is 11.8. The van der Waals surface area contributed by atoms with Crippen LogP contribution >= 0.6 is 0 Å². The molecule has 0 bridgehead atoms. The average molecular weight is 299 g/mol. The van der Waals surface area contributed by atoms with Crippen LogP contribution in [0.1, 0.15) is 31.9 Å². The van der Waals surface area contributed by atoms with Crippen LogP contribution in [0.5, 0.6) is 11.6 Å². The Bertz CT molecular complexity index is 457. The molecule has 0 aliphatic heterocycles. The van der Waals surface area contributed by atoms with Crippen LogP contribution in [0, 0.1) is 0 Å². The van der Waals surface area contributed by atoms with Crippen molar-refractivity contribution in [3.63, 3.8) is 0 Å². The summed E-state index contributed by atoms with van der Waals surface area (Å²) >= 11 is 0. The highest BCUT2D eigenvalue weighted by atomic mass is 16.6. The van der Waals surface area contributed by atoms with Gasteiger partial charge in [-0.25, -0.2) is 9.48 Å². The van der Waals surface area contributed by atoms with Crippen LogP contribution in [0.25, 0.3) is 0 Å². The van der Waals surface area contributed by atoms with Gasteiger partial charge in [-0.05, 0) is 6.42 Å². The molecule has 21 heavy (non-hydrogen) atoms. The quantitative estimate of drug-likeness (QED) is 0.689. The number of rotatable bonds is 8. The maximum Gasteiger partial charge on any atom is 0.416 e. The summed E-state index contributed by atoms with van der Waals surface area (Å²) in [5.74, 6) is 0.780. The monoisotopic (exact) mass is 299 g/mol. The normalized spacial score (nSPS) is 10.5. The number of hydrogen-bond acceptors (Lipinski definition) is 5. The first kappa shape index (κ1) is 17.3. The molecule has 0 aliphatic carbocycles. The van der Waals surface area contributed by atoms with Crippen molar-refractivity contribution in [1.29, 1.82) is 0 Å². The van der Waals surface area contributed by atoms with Gasteiger partial charge in [0.25, 0.3) is 5.88 Å². The van der Waals surface area contributed by atoms with Crippen molar-refractivity contribution in [3.05, 3.63) is 5.69 Å². The van der Waals surface area contributed by atoms with Gasteiger partial charge in [0.05, 0.1) is 13.7 Å². The summed E-state index contributed by atoms with van der Waals surface area (Å²) in [6.45, 7) is 3.10. The SMILES string of the molecule is CCCCCn1nc(COC)c(OC)c1OC(=O)N(C)C. The van der Waals surface area contributed by atoms with E-state index in [1.165, 1.54) is 12.0 Å². The lowest BCUT2D eigenvalue weighted by atomic mass is 10.2. The Hall–Kier alpha value is -1.76. The van der Waals surface area contributed by atoms with Crippen molar-refractivity contribution in [1.82, 2.24) is 14.7 Å². The molecule has 0 saturated carbocycles. The standard InChI is InChI=1S/C14H25N3O4/c1-6-7-8-9-17-13(21-14(18)16(2)3)12(20-5)11(15-17)10-19-4/h6-10H2,1-5H3.